The molecule has 0 radical (unpaired) electrons. The zero-order chi connectivity index (χ0) is 35.8. The van der Waals surface area contributed by atoms with Gasteiger partial charge in [-0.1, -0.05) is 121 Å². The van der Waals surface area contributed by atoms with E-state index in [4.69, 9.17) is 9.41 Å². The number of fused-ring (bicyclic) bond motifs is 16. The molecule has 12 aromatic rings. The van der Waals surface area contributed by atoms with Gasteiger partial charge >= 0.3 is 0 Å². The van der Waals surface area contributed by atoms with Crippen LogP contribution in [0.15, 0.2) is 173 Å². The normalized spacial score (nSPS) is 13.9. The van der Waals surface area contributed by atoms with Gasteiger partial charge in [0.2, 0.25) is 0 Å². The van der Waals surface area contributed by atoms with E-state index in [0.717, 1.165) is 57.7 Å². The monoisotopic (exact) mass is 701 g/mol. The summed E-state index contributed by atoms with van der Waals surface area (Å²) in [6, 6.07) is 57.2. The maximum Gasteiger partial charge on any atom is 0.157 e. The summed E-state index contributed by atoms with van der Waals surface area (Å²) < 4.78 is 11.7. The first-order valence-corrected chi connectivity index (χ1v) is 19.1. The highest BCUT2D eigenvalue weighted by atomic mass is 16.3. The van der Waals surface area contributed by atoms with Crippen molar-refractivity contribution in [1.82, 2.24) is 8.97 Å². The molecule has 4 heteroatoms. The highest BCUT2D eigenvalue weighted by molar-refractivity contribution is 6.38. The van der Waals surface area contributed by atoms with E-state index in [9.17, 15) is 0 Å². The van der Waals surface area contributed by atoms with Crippen LogP contribution in [-0.2, 0) is 6.42 Å². The maximum atomic E-state index is 6.81. The number of aryl methyl sites for hydroxylation is 1. The molecule has 0 atom stereocenters. The van der Waals surface area contributed by atoms with Gasteiger partial charge in [0, 0.05) is 48.8 Å². The lowest BCUT2D eigenvalue weighted by atomic mass is 9.97. The number of nitrogens with zero attached hydrogens (tertiary/aromatic N) is 3. The van der Waals surface area contributed by atoms with Crippen LogP contribution in [-0.4, -0.2) is 14.7 Å². The Kier molecular flexibility index (Phi) is 5.71. The second-order valence-corrected chi connectivity index (χ2v) is 15.0. The average Bonchev–Trinajstić information content (AvgIpc) is 3.96. The van der Waals surface area contributed by atoms with Crippen LogP contribution in [0.2, 0.25) is 0 Å². The smallest absolute Gasteiger partial charge is 0.157 e. The van der Waals surface area contributed by atoms with Crippen molar-refractivity contribution < 1.29 is 4.42 Å². The third-order valence-corrected chi connectivity index (χ3v) is 12.1. The summed E-state index contributed by atoms with van der Waals surface area (Å²) in [5.74, 6) is 1.76. The van der Waals surface area contributed by atoms with E-state index >= 15 is 0 Å². The minimum atomic E-state index is 0.826. The molecule has 1 aliphatic rings. The molecule has 1 aliphatic heterocycles. The summed E-state index contributed by atoms with van der Waals surface area (Å²) >= 11 is 0. The number of allylic oxidation sites excluding steroid dienone is 1. The number of hydrogen-bond acceptors (Lipinski definition) is 2. The van der Waals surface area contributed by atoms with Crippen molar-refractivity contribution in [2.24, 2.45) is 4.99 Å². The lowest BCUT2D eigenvalue weighted by Gasteiger charge is -2.16. The predicted octanol–water partition coefficient (Wildman–Crippen LogP) is 13.3. The van der Waals surface area contributed by atoms with Crippen LogP contribution in [0, 0.1) is 0 Å². The zero-order valence-electron chi connectivity index (χ0n) is 29.8. The van der Waals surface area contributed by atoms with Gasteiger partial charge < -0.3 is 8.82 Å². The van der Waals surface area contributed by atoms with Gasteiger partial charge in [-0.2, -0.15) is 0 Å². The Labute approximate surface area is 314 Å². The topological polar surface area (TPSA) is 34.8 Å². The molecule has 0 fully saturated rings. The second kappa shape index (κ2) is 10.7. The molecule has 5 heterocycles. The molecular weight excluding hydrogens is 671 g/mol. The van der Waals surface area contributed by atoms with Crippen molar-refractivity contribution in [3.63, 3.8) is 0 Å². The Hall–Kier alpha value is -7.17. The molecular formula is C51H31N3O. The molecule has 0 saturated heterocycles. The number of furan rings is 1. The van der Waals surface area contributed by atoms with Crippen molar-refractivity contribution in [3.05, 3.63) is 181 Å². The Morgan fingerprint density at radius 2 is 1.18 bits per heavy atom. The first-order valence-electron chi connectivity index (χ1n) is 19.1. The molecule has 0 N–H and O–H groups in total. The van der Waals surface area contributed by atoms with Crippen molar-refractivity contribution >= 4 is 104 Å². The van der Waals surface area contributed by atoms with E-state index in [2.05, 4.69) is 173 Å². The largest absolute Gasteiger partial charge is 0.454 e. The fourth-order valence-electron chi connectivity index (χ4n) is 9.79. The van der Waals surface area contributed by atoms with E-state index in [-0.39, 0.29) is 0 Å². The van der Waals surface area contributed by atoms with Gasteiger partial charge in [-0.05, 0) is 76.9 Å². The predicted molar refractivity (Wildman–Crippen MR) is 230 cm³/mol. The Bertz CT molecular complexity index is 3660. The third-order valence-electron chi connectivity index (χ3n) is 12.1. The van der Waals surface area contributed by atoms with Crippen LogP contribution in [0.1, 0.15) is 23.3 Å². The van der Waals surface area contributed by atoms with E-state index in [0.29, 0.717) is 0 Å². The number of hydrogen-bond donors (Lipinski definition) is 0. The molecule has 0 amide bonds. The Balaban J connectivity index is 1.21. The highest BCUT2D eigenvalue weighted by Gasteiger charge is 2.27. The summed E-state index contributed by atoms with van der Waals surface area (Å²) in [5, 5.41) is 13.6. The van der Waals surface area contributed by atoms with E-state index in [1.165, 1.54) is 76.0 Å². The summed E-state index contributed by atoms with van der Waals surface area (Å²) in [5.41, 5.74) is 10.1. The summed E-state index contributed by atoms with van der Waals surface area (Å²) in [7, 11) is 0. The fourth-order valence-corrected chi connectivity index (χ4v) is 9.79. The zero-order valence-corrected chi connectivity index (χ0v) is 29.8. The van der Waals surface area contributed by atoms with Crippen LogP contribution in [0.4, 0.5) is 0 Å². The standard InChI is InChI=1S/C51H31N3O/c1-2-14-32-28-33(25-24-30(32)12-1)49-51-37(36-17-7-10-22-44(36)55-51)19-11-23-45(52-49)53-42-27-26-31-13-3-4-15-34(31)46(42)48-43(53)29-39-35-16-5-8-20-40(35)54-41-21-9-6-18-38(41)47(48)50(39)54/h1-10,12-18,20-29H,11,19H2. The summed E-state index contributed by atoms with van der Waals surface area (Å²) in [6.07, 6.45) is 4.02. The number of rotatable bonds is 2. The molecule has 55 heavy (non-hydrogen) atoms. The number of para-hydroxylation sites is 3. The van der Waals surface area contributed by atoms with Crippen LogP contribution >= 0.6 is 0 Å². The minimum absolute atomic E-state index is 0.826. The molecule has 0 bridgehead atoms. The van der Waals surface area contributed by atoms with Gasteiger partial charge in [-0.15, -0.1) is 0 Å². The summed E-state index contributed by atoms with van der Waals surface area (Å²) in [4.78, 5) is 5.76. The van der Waals surface area contributed by atoms with Gasteiger partial charge in [-0.3, -0.25) is 4.57 Å². The van der Waals surface area contributed by atoms with Crippen LogP contribution in [0.25, 0.3) is 98.2 Å². The van der Waals surface area contributed by atoms with Crippen molar-refractivity contribution in [2.75, 3.05) is 0 Å². The average molecular weight is 702 g/mol. The number of benzene rings is 8. The highest BCUT2D eigenvalue weighted by Crippen LogP contribution is 2.48. The lowest BCUT2D eigenvalue weighted by molar-refractivity contribution is 0.599. The van der Waals surface area contributed by atoms with Crippen molar-refractivity contribution in [2.45, 2.75) is 12.8 Å². The molecule has 0 spiro atoms. The first kappa shape index (κ1) is 29.3. The van der Waals surface area contributed by atoms with Crippen LogP contribution < -0.4 is 0 Å². The van der Waals surface area contributed by atoms with Crippen molar-refractivity contribution in [1.29, 1.82) is 0 Å². The number of aliphatic imine (C=N–C) groups is 1. The fraction of sp³-hybridized carbons (Fsp3) is 0.0392. The van der Waals surface area contributed by atoms with Crippen LogP contribution in [0.3, 0.4) is 0 Å². The molecule has 256 valence electrons. The van der Waals surface area contributed by atoms with Gasteiger partial charge in [0.15, 0.2) is 5.76 Å². The lowest BCUT2D eigenvalue weighted by Crippen LogP contribution is -2.10. The Morgan fingerprint density at radius 1 is 0.491 bits per heavy atom. The molecule has 4 nitrogen and oxygen atoms in total. The van der Waals surface area contributed by atoms with Gasteiger partial charge in [0.25, 0.3) is 0 Å². The molecule has 0 unspecified atom stereocenters. The SMILES string of the molecule is C1=C(n2c3ccc4ccccc4c3c3c4c5ccccc5n5c6ccccc6c(cc32)c45)N=C(c2ccc3ccccc3c2)c2oc3ccccc3c2CC1. The van der Waals surface area contributed by atoms with Gasteiger partial charge in [0.05, 0.1) is 27.6 Å². The quantitative estimate of drug-likeness (QED) is 0.177. The van der Waals surface area contributed by atoms with Gasteiger partial charge in [0.1, 0.15) is 17.1 Å². The van der Waals surface area contributed by atoms with E-state index < -0.39 is 0 Å². The number of aromatic nitrogens is 2. The van der Waals surface area contributed by atoms with Crippen LogP contribution in [0.5, 0.6) is 0 Å². The molecule has 0 saturated carbocycles. The molecule has 13 rings (SSSR count). The Morgan fingerprint density at radius 3 is 2.05 bits per heavy atom. The maximum absolute atomic E-state index is 6.81. The first-order chi connectivity index (χ1) is 27.3. The molecule has 4 aromatic heterocycles. The van der Waals surface area contributed by atoms with Crippen molar-refractivity contribution in [3.8, 4) is 0 Å². The minimum Gasteiger partial charge on any atom is -0.454 e. The van der Waals surface area contributed by atoms with Gasteiger partial charge in [-0.25, -0.2) is 4.99 Å². The summed E-state index contributed by atoms with van der Waals surface area (Å²) in [6.45, 7) is 0. The van der Waals surface area contributed by atoms with E-state index in [1.807, 2.05) is 0 Å². The van der Waals surface area contributed by atoms with E-state index in [1.54, 1.807) is 0 Å². The third kappa shape index (κ3) is 3.88. The second-order valence-electron chi connectivity index (χ2n) is 15.0. The molecule has 8 aromatic carbocycles. The molecule has 0 aliphatic carbocycles.